The molecular weight excluding hydrogens is 252 g/mol. The minimum Gasteiger partial charge on any atom is -0.397 e. The number of carbonyl (C=O) groups excluding carboxylic acids is 1. The number of rotatable bonds is 2. The van der Waals surface area contributed by atoms with Crippen LogP contribution in [0.3, 0.4) is 0 Å². The van der Waals surface area contributed by atoms with E-state index in [2.05, 4.69) is 9.88 Å². The number of primary amides is 1. The minimum absolute atomic E-state index is 0.238. The molecule has 5 nitrogen and oxygen atoms in total. The Bertz CT molecular complexity index is 685. The first-order chi connectivity index (χ1) is 9.51. The fourth-order valence-electron chi connectivity index (χ4n) is 2.82. The normalized spacial score (nSPS) is 22.4. The molecule has 20 heavy (non-hydrogen) atoms. The SMILES string of the molecule is CC1(C(N)=O)CCN(c2ccc(N)c3ncccc23)C1. The van der Waals surface area contributed by atoms with Gasteiger partial charge in [-0.3, -0.25) is 9.78 Å². The molecule has 0 bridgehead atoms. The lowest BCUT2D eigenvalue weighted by molar-refractivity contribution is -0.125. The quantitative estimate of drug-likeness (QED) is 0.810. The molecule has 1 saturated heterocycles. The molecule has 1 atom stereocenters. The summed E-state index contributed by atoms with van der Waals surface area (Å²) >= 11 is 0. The maximum absolute atomic E-state index is 11.6. The summed E-state index contributed by atoms with van der Waals surface area (Å²) in [5.74, 6) is -0.238. The van der Waals surface area contributed by atoms with Gasteiger partial charge in [0.1, 0.15) is 0 Å². The van der Waals surface area contributed by atoms with Crippen molar-refractivity contribution < 1.29 is 4.79 Å². The predicted molar refractivity (Wildman–Crippen MR) is 80.3 cm³/mol. The molecular formula is C15H18N4O. The molecule has 5 heteroatoms. The molecule has 2 heterocycles. The van der Waals surface area contributed by atoms with E-state index in [9.17, 15) is 4.79 Å². The number of hydrogen-bond donors (Lipinski definition) is 2. The number of benzene rings is 1. The largest absolute Gasteiger partial charge is 0.397 e. The Morgan fingerprint density at radius 2 is 2.20 bits per heavy atom. The van der Waals surface area contributed by atoms with Gasteiger partial charge in [0, 0.05) is 30.4 Å². The highest BCUT2D eigenvalue weighted by Gasteiger charge is 2.39. The predicted octanol–water partition coefficient (Wildman–Crippen LogP) is 1.52. The first kappa shape index (κ1) is 12.7. The van der Waals surface area contributed by atoms with Crippen LogP contribution in [0.1, 0.15) is 13.3 Å². The van der Waals surface area contributed by atoms with Gasteiger partial charge in [-0.25, -0.2) is 0 Å². The highest BCUT2D eigenvalue weighted by Crippen LogP contribution is 2.37. The summed E-state index contributed by atoms with van der Waals surface area (Å²) in [6.45, 7) is 3.37. The average molecular weight is 270 g/mol. The van der Waals surface area contributed by atoms with E-state index in [4.69, 9.17) is 11.5 Å². The van der Waals surface area contributed by atoms with Crippen molar-refractivity contribution in [3.05, 3.63) is 30.5 Å². The molecule has 0 spiro atoms. The number of nitrogen functional groups attached to an aromatic ring is 1. The van der Waals surface area contributed by atoms with Gasteiger partial charge < -0.3 is 16.4 Å². The number of carbonyl (C=O) groups is 1. The van der Waals surface area contributed by atoms with Crippen LogP contribution in [0.5, 0.6) is 0 Å². The Morgan fingerprint density at radius 1 is 1.40 bits per heavy atom. The van der Waals surface area contributed by atoms with Crippen LogP contribution in [-0.4, -0.2) is 24.0 Å². The van der Waals surface area contributed by atoms with Crippen LogP contribution in [0.2, 0.25) is 0 Å². The number of nitrogens with zero attached hydrogens (tertiary/aromatic N) is 2. The summed E-state index contributed by atoms with van der Waals surface area (Å²) in [5.41, 5.74) is 13.6. The molecule has 1 unspecified atom stereocenters. The highest BCUT2D eigenvalue weighted by atomic mass is 16.1. The van der Waals surface area contributed by atoms with Crippen LogP contribution in [0, 0.1) is 5.41 Å². The van der Waals surface area contributed by atoms with Crippen molar-refractivity contribution in [1.82, 2.24) is 4.98 Å². The number of nitrogens with two attached hydrogens (primary N) is 2. The Morgan fingerprint density at radius 3 is 2.90 bits per heavy atom. The summed E-state index contributed by atoms with van der Waals surface area (Å²) in [6, 6.07) is 7.76. The second-order valence-electron chi connectivity index (χ2n) is 5.67. The van der Waals surface area contributed by atoms with E-state index in [0.29, 0.717) is 12.2 Å². The second kappa shape index (κ2) is 4.37. The number of anilines is 2. The van der Waals surface area contributed by atoms with Crippen molar-refractivity contribution in [3.63, 3.8) is 0 Å². The third-order valence-electron chi connectivity index (χ3n) is 4.19. The molecule has 1 aromatic carbocycles. The molecule has 104 valence electrons. The van der Waals surface area contributed by atoms with E-state index >= 15 is 0 Å². The van der Waals surface area contributed by atoms with Gasteiger partial charge in [-0.05, 0) is 37.6 Å². The van der Waals surface area contributed by atoms with Gasteiger partial charge in [-0.15, -0.1) is 0 Å². The maximum atomic E-state index is 11.6. The van der Waals surface area contributed by atoms with Crippen molar-refractivity contribution in [2.24, 2.45) is 11.1 Å². The van der Waals surface area contributed by atoms with E-state index in [1.807, 2.05) is 31.2 Å². The van der Waals surface area contributed by atoms with Gasteiger partial charge in [0.2, 0.25) is 5.91 Å². The maximum Gasteiger partial charge on any atom is 0.225 e. The van der Waals surface area contributed by atoms with Gasteiger partial charge in [0.15, 0.2) is 0 Å². The van der Waals surface area contributed by atoms with Gasteiger partial charge in [0.25, 0.3) is 0 Å². The van der Waals surface area contributed by atoms with E-state index < -0.39 is 5.41 Å². The molecule has 1 fully saturated rings. The number of pyridine rings is 1. The first-order valence-electron chi connectivity index (χ1n) is 6.69. The average Bonchev–Trinajstić information content (AvgIpc) is 2.83. The molecule has 0 aliphatic carbocycles. The number of amides is 1. The summed E-state index contributed by atoms with van der Waals surface area (Å²) < 4.78 is 0. The Hall–Kier alpha value is -2.30. The van der Waals surface area contributed by atoms with E-state index in [1.54, 1.807) is 6.20 Å². The lowest BCUT2D eigenvalue weighted by Crippen LogP contribution is -2.37. The highest BCUT2D eigenvalue weighted by molar-refractivity contribution is 5.99. The monoisotopic (exact) mass is 270 g/mol. The van der Waals surface area contributed by atoms with Gasteiger partial charge in [0.05, 0.1) is 16.6 Å². The summed E-state index contributed by atoms with van der Waals surface area (Å²) in [6.07, 6.45) is 2.51. The lowest BCUT2D eigenvalue weighted by atomic mass is 9.89. The molecule has 1 amide bonds. The Balaban J connectivity index is 2.05. The van der Waals surface area contributed by atoms with E-state index in [1.165, 1.54) is 0 Å². The summed E-state index contributed by atoms with van der Waals surface area (Å²) in [5, 5.41) is 1.02. The first-order valence-corrected chi connectivity index (χ1v) is 6.69. The topological polar surface area (TPSA) is 85.2 Å². The van der Waals surface area contributed by atoms with Crippen LogP contribution >= 0.6 is 0 Å². The summed E-state index contributed by atoms with van der Waals surface area (Å²) in [4.78, 5) is 18.1. The van der Waals surface area contributed by atoms with Crippen molar-refractivity contribution >= 4 is 28.2 Å². The van der Waals surface area contributed by atoms with Gasteiger partial charge in [-0.1, -0.05) is 0 Å². The number of fused-ring (bicyclic) bond motifs is 1. The molecule has 1 aliphatic rings. The fourth-order valence-corrected chi connectivity index (χ4v) is 2.82. The molecule has 2 aromatic rings. The van der Waals surface area contributed by atoms with Crippen LogP contribution in [0.25, 0.3) is 10.9 Å². The van der Waals surface area contributed by atoms with Crippen LogP contribution in [0.15, 0.2) is 30.5 Å². The third kappa shape index (κ3) is 1.86. The van der Waals surface area contributed by atoms with Gasteiger partial charge >= 0.3 is 0 Å². The van der Waals surface area contributed by atoms with E-state index in [-0.39, 0.29) is 5.91 Å². The summed E-state index contributed by atoms with van der Waals surface area (Å²) in [7, 11) is 0. The molecule has 0 saturated carbocycles. The van der Waals surface area contributed by atoms with Crippen LogP contribution < -0.4 is 16.4 Å². The molecule has 4 N–H and O–H groups in total. The van der Waals surface area contributed by atoms with Crippen molar-refractivity contribution in [3.8, 4) is 0 Å². The Kier molecular flexibility index (Phi) is 2.78. The molecule has 3 rings (SSSR count). The smallest absolute Gasteiger partial charge is 0.225 e. The zero-order valence-corrected chi connectivity index (χ0v) is 11.5. The third-order valence-corrected chi connectivity index (χ3v) is 4.19. The number of hydrogen-bond acceptors (Lipinski definition) is 4. The molecule has 1 aromatic heterocycles. The fraction of sp³-hybridized carbons (Fsp3) is 0.333. The molecule has 0 radical (unpaired) electrons. The Labute approximate surface area is 117 Å². The van der Waals surface area contributed by atoms with Crippen LogP contribution in [-0.2, 0) is 4.79 Å². The van der Waals surface area contributed by atoms with Gasteiger partial charge in [-0.2, -0.15) is 0 Å². The van der Waals surface area contributed by atoms with Crippen molar-refractivity contribution in [2.75, 3.05) is 23.7 Å². The van der Waals surface area contributed by atoms with Crippen molar-refractivity contribution in [1.29, 1.82) is 0 Å². The number of aromatic nitrogens is 1. The van der Waals surface area contributed by atoms with Crippen LogP contribution in [0.4, 0.5) is 11.4 Å². The van der Waals surface area contributed by atoms with Crippen molar-refractivity contribution in [2.45, 2.75) is 13.3 Å². The minimum atomic E-state index is -0.462. The molecule has 1 aliphatic heterocycles. The second-order valence-corrected chi connectivity index (χ2v) is 5.67. The zero-order chi connectivity index (χ0) is 14.3. The van der Waals surface area contributed by atoms with E-state index in [0.717, 1.165) is 29.6 Å². The lowest BCUT2D eigenvalue weighted by Gasteiger charge is -2.24. The standard InChI is InChI=1S/C15H18N4O/c1-15(14(17)20)6-8-19(9-15)12-5-4-11(16)13-10(12)3-2-7-18-13/h2-5,7H,6,8-9,16H2,1H3,(H2,17,20). The zero-order valence-electron chi connectivity index (χ0n) is 11.5.